The Morgan fingerprint density at radius 3 is 2.83 bits per heavy atom. The van der Waals surface area contributed by atoms with E-state index in [4.69, 9.17) is 0 Å². The summed E-state index contributed by atoms with van der Waals surface area (Å²) in [7, 11) is 0. The maximum absolute atomic E-state index is 13.8. The molecule has 118 valence electrons. The van der Waals surface area contributed by atoms with Crippen molar-refractivity contribution in [3.63, 3.8) is 0 Å². The van der Waals surface area contributed by atoms with Gasteiger partial charge in [0, 0.05) is 10.7 Å². The Labute approximate surface area is 139 Å². The topological polar surface area (TPSA) is 73.7 Å². The summed E-state index contributed by atoms with van der Waals surface area (Å²) >= 11 is 3.30. The standard InChI is InChI=1S/C15H11BrFN3O3/c16-10-4-1-3-9(7-10)14-19(8-12(21)20(14)23)15(22)13-11(17)5-2-6-18-13/h1-7,14,23H,8H2. The minimum atomic E-state index is -1.03. The molecule has 1 saturated heterocycles. The summed E-state index contributed by atoms with van der Waals surface area (Å²) in [6.45, 7) is -0.359. The van der Waals surface area contributed by atoms with Gasteiger partial charge in [-0.15, -0.1) is 0 Å². The van der Waals surface area contributed by atoms with E-state index < -0.39 is 29.5 Å². The molecule has 0 bridgehead atoms. The molecule has 2 aromatic rings. The van der Waals surface area contributed by atoms with Crippen LogP contribution in [0.3, 0.4) is 0 Å². The second-order valence-corrected chi connectivity index (χ2v) is 5.85. The van der Waals surface area contributed by atoms with Crippen LogP contribution in [0, 0.1) is 5.82 Å². The Kier molecular flexibility index (Phi) is 4.10. The summed E-state index contributed by atoms with van der Waals surface area (Å²) < 4.78 is 14.5. The van der Waals surface area contributed by atoms with Crippen molar-refractivity contribution in [3.8, 4) is 0 Å². The summed E-state index contributed by atoms with van der Waals surface area (Å²) in [6.07, 6.45) is 0.257. The lowest BCUT2D eigenvalue weighted by Gasteiger charge is -2.26. The molecule has 8 heteroatoms. The van der Waals surface area contributed by atoms with Crippen LogP contribution in [0.15, 0.2) is 47.1 Å². The number of carbonyl (C=O) groups is 2. The molecule has 23 heavy (non-hydrogen) atoms. The first-order valence-corrected chi connectivity index (χ1v) is 7.46. The third-order valence-electron chi connectivity index (χ3n) is 3.46. The van der Waals surface area contributed by atoms with Crippen molar-refractivity contribution in [1.82, 2.24) is 14.9 Å². The minimum absolute atomic E-state index is 0.359. The average molecular weight is 380 g/mol. The fourth-order valence-electron chi connectivity index (χ4n) is 2.42. The zero-order chi connectivity index (χ0) is 16.6. The molecule has 3 rings (SSSR count). The van der Waals surface area contributed by atoms with Crippen molar-refractivity contribution in [2.45, 2.75) is 6.17 Å². The number of carbonyl (C=O) groups excluding carboxylic acids is 2. The largest absolute Gasteiger partial charge is 0.301 e. The Bertz CT molecular complexity index is 786. The molecule has 1 aliphatic heterocycles. The summed E-state index contributed by atoms with van der Waals surface area (Å²) in [5.74, 6) is -2.20. The number of benzene rings is 1. The highest BCUT2D eigenvalue weighted by molar-refractivity contribution is 9.10. The normalized spacial score (nSPS) is 17.7. The number of pyridine rings is 1. The van der Waals surface area contributed by atoms with Gasteiger partial charge in [-0.25, -0.2) is 9.37 Å². The van der Waals surface area contributed by atoms with Gasteiger partial charge in [-0.2, -0.15) is 5.06 Å². The van der Waals surface area contributed by atoms with Gasteiger partial charge in [0.1, 0.15) is 6.54 Å². The van der Waals surface area contributed by atoms with E-state index in [0.717, 1.165) is 15.4 Å². The predicted molar refractivity (Wildman–Crippen MR) is 80.7 cm³/mol. The van der Waals surface area contributed by atoms with Gasteiger partial charge in [0.25, 0.3) is 11.8 Å². The fourth-order valence-corrected chi connectivity index (χ4v) is 2.84. The SMILES string of the molecule is O=C1CN(C(=O)c2ncccc2F)C(c2cccc(Br)c2)N1O. The van der Waals surface area contributed by atoms with E-state index in [0.29, 0.717) is 10.6 Å². The molecule has 1 N–H and O–H groups in total. The summed E-state index contributed by atoms with van der Waals surface area (Å²) in [5.41, 5.74) is 0.119. The van der Waals surface area contributed by atoms with Crippen LogP contribution in [0.2, 0.25) is 0 Å². The Morgan fingerprint density at radius 2 is 2.13 bits per heavy atom. The molecule has 1 aromatic heterocycles. The van der Waals surface area contributed by atoms with E-state index in [2.05, 4.69) is 20.9 Å². The van der Waals surface area contributed by atoms with Crippen LogP contribution < -0.4 is 0 Å². The number of hydrogen-bond acceptors (Lipinski definition) is 4. The first kappa shape index (κ1) is 15.6. The second-order valence-electron chi connectivity index (χ2n) is 4.93. The molecule has 0 spiro atoms. The van der Waals surface area contributed by atoms with E-state index >= 15 is 0 Å². The molecule has 2 amide bonds. The Hall–Kier alpha value is -2.32. The second kappa shape index (κ2) is 6.05. The third kappa shape index (κ3) is 2.82. The van der Waals surface area contributed by atoms with E-state index in [1.54, 1.807) is 24.3 Å². The first-order chi connectivity index (χ1) is 11.0. The number of amides is 2. The van der Waals surface area contributed by atoms with Gasteiger partial charge < -0.3 is 4.90 Å². The number of rotatable bonds is 2. The maximum Gasteiger partial charge on any atom is 0.277 e. The highest BCUT2D eigenvalue weighted by atomic mass is 79.9. The molecular formula is C15H11BrFN3O3. The summed E-state index contributed by atoms with van der Waals surface area (Å²) in [4.78, 5) is 29.2. The van der Waals surface area contributed by atoms with Crippen LogP contribution in [0.25, 0.3) is 0 Å². The monoisotopic (exact) mass is 379 g/mol. The Balaban J connectivity index is 2.01. The molecule has 1 unspecified atom stereocenters. The first-order valence-electron chi connectivity index (χ1n) is 6.67. The molecule has 0 aliphatic carbocycles. The zero-order valence-electron chi connectivity index (χ0n) is 11.7. The zero-order valence-corrected chi connectivity index (χ0v) is 13.3. The number of hydroxylamine groups is 2. The van der Waals surface area contributed by atoms with Gasteiger partial charge in [-0.05, 0) is 29.8 Å². The predicted octanol–water partition coefficient (Wildman–Crippen LogP) is 2.36. The van der Waals surface area contributed by atoms with E-state index in [1.165, 1.54) is 12.3 Å². The third-order valence-corrected chi connectivity index (χ3v) is 3.95. The number of nitrogens with zero attached hydrogens (tertiary/aromatic N) is 3. The molecule has 1 fully saturated rings. The maximum atomic E-state index is 13.8. The summed E-state index contributed by atoms with van der Waals surface area (Å²) in [6, 6.07) is 9.29. The van der Waals surface area contributed by atoms with Crippen molar-refractivity contribution in [3.05, 3.63) is 64.1 Å². The molecule has 1 aromatic carbocycles. The lowest BCUT2D eigenvalue weighted by Crippen LogP contribution is -2.35. The molecule has 6 nitrogen and oxygen atoms in total. The number of hydrogen-bond donors (Lipinski definition) is 1. The highest BCUT2D eigenvalue weighted by Crippen LogP contribution is 2.31. The van der Waals surface area contributed by atoms with Crippen molar-refractivity contribution in [1.29, 1.82) is 0 Å². The van der Waals surface area contributed by atoms with Gasteiger partial charge in [-0.1, -0.05) is 28.1 Å². The highest BCUT2D eigenvalue weighted by Gasteiger charge is 2.42. The fraction of sp³-hybridized carbons (Fsp3) is 0.133. The van der Waals surface area contributed by atoms with E-state index in [9.17, 15) is 19.2 Å². The molecular weight excluding hydrogens is 369 g/mol. The molecule has 0 saturated carbocycles. The van der Waals surface area contributed by atoms with Crippen LogP contribution in [-0.2, 0) is 4.79 Å². The lowest BCUT2D eigenvalue weighted by molar-refractivity contribution is -0.168. The van der Waals surface area contributed by atoms with Gasteiger partial charge in [0.15, 0.2) is 17.7 Å². The molecule has 1 atom stereocenters. The van der Waals surface area contributed by atoms with E-state index in [1.807, 2.05) is 0 Å². The molecule has 1 aliphatic rings. The quantitative estimate of drug-likeness (QED) is 0.812. The van der Waals surface area contributed by atoms with Crippen LogP contribution in [-0.4, -0.2) is 38.5 Å². The van der Waals surface area contributed by atoms with Gasteiger partial charge >= 0.3 is 0 Å². The van der Waals surface area contributed by atoms with Crippen LogP contribution in [0.5, 0.6) is 0 Å². The molecule has 0 radical (unpaired) electrons. The Morgan fingerprint density at radius 1 is 1.35 bits per heavy atom. The van der Waals surface area contributed by atoms with E-state index in [-0.39, 0.29) is 6.54 Å². The average Bonchev–Trinajstić information content (AvgIpc) is 2.83. The smallest absolute Gasteiger partial charge is 0.277 e. The van der Waals surface area contributed by atoms with Gasteiger partial charge in [0.05, 0.1) is 0 Å². The lowest BCUT2D eigenvalue weighted by atomic mass is 10.1. The molecule has 2 heterocycles. The van der Waals surface area contributed by atoms with Crippen LogP contribution in [0.1, 0.15) is 22.2 Å². The summed E-state index contributed by atoms with van der Waals surface area (Å²) in [5, 5.41) is 10.5. The van der Waals surface area contributed by atoms with Crippen molar-refractivity contribution in [2.24, 2.45) is 0 Å². The van der Waals surface area contributed by atoms with Gasteiger partial charge in [-0.3, -0.25) is 14.8 Å². The number of halogens is 2. The van der Waals surface area contributed by atoms with Crippen LogP contribution in [0.4, 0.5) is 4.39 Å². The van der Waals surface area contributed by atoms with Crippen LogP contribution >= 0.6 is 15.9 Å². The van der Waals surface area contributed by atoms with Gasteiger partial charge in [0.2, 0.25) is 0 Å². The van der Waals surface area contributed by atoms with Crippen molar-refractivity contribution in [2.75, 3.05) is 6.54 Å². The van der Waals surface area contributed by atoms with Crippen molar-refractivity contribution >= 4 is 27.7 Å². The number of aromatic nitrogens is 1. The van der Waals surface area contributed by atoms with Crippen molar-refractivity contribution < 1.29 is 19.2 Å². The minimum Gasteiger partial charge on any atom is -0.301 e.